The van der Waals surface area contributed by atoms with E-state index in [1.165, 1.54) is 30.1 Å². The van der Waals surface area contributed by atoms with Crippen LogP contribution < -0.4 is 5.32 Å². The number of hydrogen-bond acceptors (Lipinski definition) is 5. The van der Waals surface area contributed by atoms with Crippen molar-refractivity contribution in [1.82, 2.24) is 14.8 Å². The lowest BCUT2D eigenvalue weighted by molar-refractivity contribution is 0.102. The SMILES string of the molecule is Cc1c(C(=O)Nc2ncnn2C)ccc(Cl)c1S(C)(=O)=O. The van der Waals surface area contributed by atoms with Gasteiger partial charge < -0.3 is 0 Å². The van der Waals surface area contributed by atoms with Gasteiger partial charge in [0.05, 0.1) is 9.92 Å². The van der Waals surface area contributed by atoms with Gasteiger partial charge in [0.2, 0.25) is 5.95 Å². The molecule has 0 unspecified atom stereocenters. The summed E-state index contributed by atoms with van der Waals surface area (Å²) < 4.78 is 24.9. The number of carbonyl (C=O) groups excluding carboxylic acids is 1. The van der Waals surface area contributed by atoms with Gasteiger partial charge in [-0.25, -0.2) is 13.1 Å². The fourth-order valence-electron chi connectivity index (χ4n) is 1.94. The molecule has 0 atom stereocenters. The third kappa shape index (κ3) is 3.06. The number of amides is 1. The minimum atomic E-state index is -3.54. The number of benzene rings is 1. The second-order valence-corrected chi connectivity index (χ2v) is 6.84. The highest BCUT2D eigenvalue weighted by atomic mass is 35.5. The molecule has 1 aromatic carbocycles. The highest BCUT2D eigenvalue weighted by Crippen LogP contribution is 2.27. The molecule has 1 amide bonds. The maximum atomic E-state index is 12.2. The van der Waals surface area contributed by atoms with Crippen molar-refractivity contribution in [3.05, 3.63) is 34.6 Å². The van der Waals surface area contributed by atoms with Crippen LogP contribution in [0.1, 0.15) is 15.9 Å². The van der Waals surface area contributed by atoms with Crippen LogP contribution in [-0.2, 0) is 16.9 Å². The third-order valence-electron chi connectivity index (χ3n) is 2.91. The predicted molar refractivity (Wildman–Crippen MR) is 78.3 cm³/mol. The van der Waals surface area contributed by atoms with E-state index in [1.807, 2.05) is 0 Å². The van der Waals surface area contributed by atoms with Gasteiger partial charge in [0.15, 0.2) is 9.84 Å². The summed E-state index contributed by atoms with van der Waals surface area (Å²) in [6, 6.07) is 2.86. The Morgan fingerprint density at radius 3 is 2.57 bits per heavy atom. The summed E-state index contributed by atoms with van der Waals surface area (Å²) >= 11 is 5.92. The number of anilines is 1. The van der Waals surface area contributed by atoms with Crippen molar-refractivity contribution < 1.29 is 13.2 Å². The lowest BCUT2D eigenvalue weighted by atomic mass is 10.1. The van der Waals surface area contributed by atoms with Crippen molar-refractivity contribution in [2.75, 3.05) is 11.6 Å². The molecule has 0 fully saturated rings. The largest absolute Gasteiger partial charge is 0.291 e. The smallest absolute Gasteiger partial charge is 0.258 e. The number of sulfone groups is 1. The van der Waals surface area contributed by atoms with E-state index in [-0.39, 0.29) is 21.4 Å². The molecule has 0 saturated carbocycles. The highest BCUT2D eigenvalue weighted by molar-refractivity contribution is 7.90. The molecular formula is C12H13ClN4O3S. The first-order chi connectivity index (χ1) is 9.71. The highest BCUT2D eigenvalue weighted by Gasteiger charge is 2.21. The summed E-state index contributed by atoms with van der Waals surface area (Å²) in [6.07, 6.45) is 2.35. The monoisotopic (exact) mass is 328 g/mol. The number of hydrogen-bond donors (Lipinski definition) is 1. The summed E-state index contributed by atoms with van der Waals surface area (Å²) in [5.41, 5.74) is 0.507. The zero-order valence-corrected chi connectivity index (χ0v) is 13.2. The lowest BCUT2D eigenvalue weighted by Crippen LogP contribution is -2.18. The van der Waals surface area contributed by atoms with E-state index in [0.29, 0.717) is 5.56 Å². The molecule has 2 rings (SSSR count). The molecule has 0 radical (unpaired) electrons. The Balaban J connectivity index is 2.46. The molecule has 9 heteroatoms. The van der Waals surface area contributed by atoms with Crippen LogP contribution in [0.25, 0.3) is 0 Å². The summed E-state index contributed by atoms with van der Waals surface area (Å²) in [5, 5.41) is 6.48. The summed E-state index contributed by atoms with van der Waals surface area (Å²) in [6.45, 7) is 1.54. The number of rotatable bonds is 3. The zero-order chi connectivity index (χ0) is 15.8. The van der Waals surface area contributed by atoms with Crippen molar-refractivity contribution in [2.24, 2.45) is 7.05 Å². The average molecular weight is 329 g/mol. The molecule has 112 valence electrons. The minimum Gasteiger partial charge on any atom is -0.291 e. The molecular weight excluding hydrogens is 316 g/mol. The number of carbonyl (C=O) groups is 1. The van der Waals surface area contributed by atoms with Gasteiger partial charge in [-0.1, -0.05) is 11.6 Å². The van der Waals surface area contributed by atoms with Crippen molar-refractivity contribution in [3.63, 3.8) is 0 Å². The number of nitrogens with one attached hydrogen (secondary N) is 1. The molecule has 1 N–H and O–H groups in total. The molecule has 21 heavy (non-hydrogen) atoms. The number of halogens is 1. The van der Waals surface area contributed by atoms with E-state index in [9.17, 15) is 13.2 Å². The van der Waals surface area contributed by atoms with Crippen molar-refractivity contribution in [3.8, 4) is 0 Å². The molecule has 1 aromatic heterocycles. The van der Waals surface area contributed by atoms with Crippen molar-refractivity contribution >= 4 is 33.3 Å². The second-order valence-electron chi connectivity index (χ2n) is 4.48. The molecule has 0 aliphatic rings. The number of nitrogens with zero attached hydrogens (tertiary/aromatic N) is 3. The molecule has 7 nitrogen and oxygen atoms in total. The van der Waals surface area contributed by atoms with Crippen LogP contribution in [0.2, 0.25) is 5.02 Å². The Kier molecular flexibility index (Phi) is 4.02. The normalized spacial score (nSPS) is 11.4. The predicted octanol–water partition coefficient (Wildman–Crippen LogP) is 1.43. The Morgan fingerprint density at radius 1 is 1.38 bits per heavy atom. The van der Waals surface area contributed by atoms with E-state index >= 15 is 0 Å². The van der Waals surface area contributed by atoms with Crippen LogP contribution in [0.3, 0.4) is 0 Å². The van der Waals surface area contributed by atoms with Gasteiger partial charge in [0.1, 0.15) is 6.33 Å². The topological polar surface area (TPSA) is 93.9 Å². The molecule has 0 saturated heterocycles. The molecule has 2 aromatic rings. The fraction of sp³-hybridized carbons (Fsp3) is 0.250. The first-order valence-corrected chi connectivity index (χ1v) is 8.13. The van der Waals surface area contributed by atoms with Crippen molar-refractivity contribution in [2.45, 2.75) is 11.8 Å². The Labute approximate surface area is 126 Å². The standard InChI is InChI=1S/C12H13ClN4O3S/c1-7-8(4-5-9(13)10(7)21(3,19)20)11(18)16-12-14-6-15-17(12)2/h4-6H,1-3H3,(H,14,15,16,18). The van der Waals surface area contributed by atoms with E-state index in [2.05, 4.69) is 15.4 Å². The quantitative estimate of drug-likeness (QED) is 0.919. The van der Waals surface area contributed by atoms with Crippen LogP contribution in [-0.4, -0.2) is 35.3 Å². The summed E-state index contributed by atoms with van der Waals surface area (Å²) in [7, 11) is -1.91. The fourth-order valence-corrected chi connectivity index (χ4v) is 3.65. The van der Waals surface area contributed by atoms with E-state index < -0.39 is 15.7 Å². The van der Waals surface area contributed by atoms with Gasteiger partial charge in [0.25, 0.3) is 5.91 Å². The lowest BCUT2D eigenvalue weighted by Gasteiger charge is -2.11. The van der Waals surface area contributed by atoms with Crippen LogP contribution in [0.4, 0.5) is 5.95 Å². The van der Waals surface area contributed by atoms with Gasteiger partial charge in [-0.05, 0) is 24.6 Å². The molecule has 0 aliphatic heterocycles. The van der Waals surface area contributed by atoms with Crippen LogP contribution in [0.15, 0.2) is 23.4 Å². The number of aromatic nitrogens is 3. The van der Waals surface area contributed by atoms with Crippen LogP contribution in [0, 0.1) is 6.92 Å². The second kappa shape index (κ2) is 5.45. The van der Waals surface area contributed by atoms with Gasteiger partial charge in [-0.3, -0.25) is 10.1 Å². The number of aryl methyl sites for hydroxylation is 1. The molecule has 1 heterocycles. The van der Waals surface area contributed by atoms with E-state index in [1.54, 1.807) is 7.05 Å². The first kappa shape index (κ1) is 15.5. The van der Waals surface area contributed by atoms with Crippen LogP contribution in [0.5, 0.6) is 0 Å². The zero-order valence-electron chi connectivity index (χ0n) is 11.6. The Hall–Kier alpha value is -1.93. The van der Waals surface area contributed by atoms with Gasteiger partial charge in [0, 0.05) is 18.9 Å². The van der Waals surface area contributed by atoms with E-state index in [4.69, 9.17) is 11.6 Å². The first-order valence-electron chi connectivity index (χ1n) is 5.86. The van der Waals surface area contributed by atoms with E-state index in [0.717, 1.165) is 6.26 Å². The Bertz CT molecular complexity index is 814. The van der Waals surface area contributed by atoms with Crippen molar-refractivity contribution in [1.29, 1.82) is 0 Å². The Morgan fingerprint density at radius 2 is 2.05 bits per heavy atom. The minimum absolute atomic E-state index is 0.0465. The molecule has 0 bridgehead atoms. The molecule has 0 aliphatic carbocycles. The summed E-state index contributed by atoms with van der Waals surface area (Å²) in [5.74, 6) is -0.222. The van der Waals surface area contributed by atoms with Gasteiger partial charge in [-0.15, -0.1) is 0 Å². The maximum Gasteiger partial charge on any atom is 0.258 e. The maximum absolute atomic E-state index is 12.2. The molecule has 0 spiro atoms. The summed E-state index contributed by atoms with van der Waals surface area (Å²) in [4.78, 5) is 16.1. The third-order valence-corrected chi connectivity index (χ3v) is 4.60. The average Bonchev–Trinajstić information content (AvgIpc) is 2.73. The van der Waals surface area contributed by atoms with Gasteiger partial charge in [-0.2, -0.15) is 10.1 Å². The van der Waals surface area contributed by atoms with Gasteiger partial charge >= 0.3 is 0 Å². The van der Waals surface area contributed by atoms with Crippen LogP contribution >= 0.6 is 11.6 Å².